The van der Waals surface area contributed by atoms with Crippen molar-refractivity contribution in [2.75, 3.05) is 31.5 Å². The van der Waals surface area contributed by atoms with E-state index in [9.17, 15) is 4.79 Å². The Morgan fingerprint density at radius 2 is 1.96 bits per heavy atom. The van der Waals surface area contributed by atoms with Crippen LogP contribution in [0.2, 0.25) is 0 Å². The normalized spacial score (nSPS) is 12.2. The number of carbonyl (C=O) groups excluding carboxylic acids is 1. The Kier molecular flexibility index (Phi) is 10.1. The van der Waals surface area contributed by atoms with Crippen LogP contribution in [0, 0.1) is 0 Å². The van der Waals surface area contributed by atoms with E-state index >= 15 is 0 Å². The van der Waals surface area contributed by atoms with E-state index in [1.807, 2.05) is 18.2 Å². The Morgan fingerprint density at radius 1 is 1.19 bits per heavy atom. The molecule has 1 heterocycles. The van der Waals surface area contributed by atoms with E-state index in [4.69, 9.17) is 5.73 Å². The standard InChI is InChI=1S/C18H24N4OS.2ClH/c19-10-12-22(11-9-14-5-2-1-3-6-14)13-17(23)21-18-20-15-7-4-8-16(15)24-18;;/h1-3,5-6H,4,7-13,19H2,(H,20,21,23);2*1H. The van der Waals surface area contributed by atoms with Gasteiger partial charge in [-0.25, -0.2) is 4.98 Å². The maximum absolute atomic E-state index is 12.3. The lowest BCUT2D eigenvalue weighted by Crippen LogP contribution is -2.38. The molecule has 26 heavy (non-hydrogen) atoms. The van der Waals surface area contributed by atoms with Crippen LogP contribution in [0.25, 0.3) is 0 Å². The zero-order valence-corrected chi connectivity index (χ0v) is 17.1. The fraction of sp³-hybridized carbons (Fsp3) is 0.444. The van der Waals surface area contributed by atoms with Gasteiger partial charge < -0.3 is 11.1 Å². The predicted octanol–water partition coefficient (Wildman–Crippen LogP) is 2.92. The minimum Gasteiger partial charge on any atom is -0.329 e. The quantitative estimate of drug-likeness (QED) is 0.693. The first-order chi connectivity index (χ1) is 11.7. The smallest absolute Gasteiger partial charge is 0.240 e. The van der Waals surface area contributed by atoms with Gasteiger partial charge in [-0.1, -0.05) is 30.3 Å². The Bertz CT molecular complexity index is 660. The van der Waals surface area contributed by atoms with Crippen molar-refractivity contribution in [1.29, 1.82) is 0 Å². The number of amides is 1. The molecule has 8 heteroatoms. The number of benzene rings is 1. The molecular weight excluding hydrogens is 391 g/mol. The molecule has 1 aliphatic rings. The average molecular weight is 417 g/mol. The molecule has 2 aromatic rings. The maximum Gasteiger partial charge on any atom is 0.240 e. The van der Waals surface area contributed by atoms with Crippen molar-refractivity contribution in [3.8, 4) is 0 Å². The fourth-order valence-electron chi connectivity index (χ4n) is 2.99. The number of hydrogen-bond acceptors (Lipinski definition) is 5. The molecule has 1 aromatic heterocycles. The number of nitrogens with one attached hydrogen (secondary N) is 1. The Labute approximate surface area is 171 Å². The number of rotatable bonds is 8. The molecule has 144 valence electrons. The fourth-order valence-corrected chi connectivity index (χ4v) is 4.06. The van der Waals surface area contributed by atoms with Gasteiger partial charge in [0.15, 0.2) is 5.13 Å². The minimum atomic E-state index is -0.0102. The summed E-state index contributed by atoms with van der Waals surface area (Å²) in [4.78, 5) is 20.3. The van der Waals surface area contributed by atoms with E-state index in [1.54, 1.807) is 11.3 Å². The van der Waals surface area contributed by atoms with Crippen LogP contribution in [-0.2, 0) is 24.1 Å². The molecule has 0 aliphatic heterocycles. The topological polar surface area (TPSA) is 71.2 Å². The van der Waals surface area contributed by atoms with Crippen molar-refractivity contribution >= 4 is 47.2 Å². The number of halogens is 2. The third-order valence-corrected chi connectivity index (χ3v) is 5.29. The van der Waals surface area contributed by atoms with E-state index in [-0.39, 0.29) is 30.7 Å². The van der Waals surface area contributed by atoms with Crippen molar-refractivity contribution in [1.82, 2.24) is 9.88 Å². The van der Waals surface area contributed by atoms with Gasteiger partial charge in [-0.05, 0) is 31.2 Å². The summed E-state index contributed by atoms with van der Waals surface area (Å²) >= 11 is 1.61. The van der Waals surface area contributed by atoms with E-state index < -0.39 is 0 Å². The van der Waals surface area contributed by atoms with E-state index in [2.05, 4.69) is 27.3 Å². The molecule has 3 N–H and O–H groups in total. The summed E-state index contributed by atoms with van der Waals surface area (Å²) in [5.41, 5.74) is 8.13. The van der Waals surface area contributed by atoms with Crippen LogP contribution in [-0.4, -0.2) is 42.0 Å². The lowest BCUT2D eigenvalue weighted by molar-refractivity contribution is -0.117. The number of thiazole rings is 1. The molecule has 0 unspecified atom stereocenters. The maximum atomic E-state index is 12.3. The number of fused-ring (bicyclic) bond motifs is 1. The second-order valence-corrected chi connectivity index (χ2v) is 7.17. The first kappa shape index (κ1) is 22.9. The van der Waals surface area contributed by atoms with Crippen LogP contribution >= 0.6 is 36.2 Å². The monoisotopic (exact) mass is 416 g/mol. The molecule has 5 nitrogen and oxygen atoms in total. The lowest BCUT2D eigenvalue weighted by Gasteiger charge is -2.20. The van der Waals surface area contributed by atoms with Gasteiger partial charge in [0.25, 0.3) is 0 Å². The first-order valence-electron chi connectivity index (χ1n) is 8.49. The molecule has 1 amide bonds. The number of nitrogens with two attached hydrogens (primary N) is 1. The highest BCUT2D eigenvalue weighted by atomic mass is 35.5. The number of hydrogen-bond donors (Lipinski definition) is 2. The number of anilines is 1. The number of aryl methyl sites for hydroxylation is 2. The third-order valence-electron chi connectivity index (χ3n) is 4.21. The number of aromatic nitrogens is 1. The molecule has 0 spiro atoms. The van der Waals surface area contributed by atoms with Gasteiger partial charge in [-0.3, -0.25) is 9.69 Å². The van der Waals surface area contributed by atoms with E-state index in [1.165, 1.54) is 16.9 Å². The number of carbonyl (C=O) groups is 1. The van der Waals surface area contributed by atoms with Crippen LogP contribution in [0.3, 0.4) is 0 Å². The summed E-state index contributed by atoms with van der Waals surface area (Å²) in [6.07, 6.45) is 4.24. The molecule has 0 saturated carbocycles. The van der Waals surface area contributed by atoms with Gasteiger partial charge in [0.05, 0.1) is 12.2 Å². The largest absolute Gasteiger partial charge is 0.329 e. The summed E-state index contributed by atoms with van der Waals surface area (Å²) in [6.45, 7) is 2.44. The Hall–Kier alpha value is -1.18. The molecular formula is C18H26Cl2N4OS. The summed E-state index contributed by atoms with van der Waals surface area (Å²) in [5.74, 6) is -0.0102. The molecule has 0 radical (unpaired) electrons. The summed E-state index contributed by atoms with van der Waals surface area (Å²) < 4.78 is 0. The van der Waals surface area contributed by atoms with Crippen molar-refractivity contribution in [2.24, 2.45) is 5.73 Å². The SMILES string of the molecule is Cl.Cl.NCCN(CCc1ccccc1)CC(=O)Nc1nc2c(s1)CCC2. The van der Waals surface area contributed by atoms with Gasteiger partial charge >= 0.3 is 0 Å². The van der Waals surface area contributed by atoms with Gasteiger partial charge in [-0.15, -0.1) is 36.2 Å². The van der Waals surface area contributed by atoms with Crippen molar-refractivity contribution in [2.45, 2.75) is 25.7 Å². The van der Waals surface area contributed by atoms with Crippen LogP contribution in [0.15, 0.2) is 30.3 Å². The highest BCUT2D eigenvalue weighted by Gasteiger charge is 2.18. The average Bonchev–Trinajstić information content (AvgIpc) is 3.15. The van der Waals surface area contributed by atoms with Crippen molar-refractivity contribution < 1.29 is 4.79 Å². The van der Waals surface area contributed by atoms with Crippen molar-refractivity contribution in [3.63, 3.8) is 0 Å². The lowest BCUT2D eigenvalue weighted by atomic mass is 10.1. The van der Waals surface area contributed by atoms with Gasteiger partial charge in [0.1, 0.15) is 0 Å². The molecule has 1 aromatic carbocycles. The molecule has 0 bridgehead atoms. The Balaban J connectivity index is 0.00000169. The zero-order valence-electron chi connectivity index (χ0n) is 14.6. The van der Waals surface area contributed by atoms with Crippen LogP contribution in [0.1, 0.15) is 22.6 Å². The van der Waals surface area contributed by atoms with Crippen LogP contribution in [0.4, 0.5) is 5.13 Å². The molecule has 0 fully saturated rings. The summed E-state index contributed by atoms with van der Waals surface area (Å²) in [7, 11) is 0. The molecule has 0 saturated heterocycles. The highest BCUT2D eigenvalue weighted by molar-refractivity contribution is 7.15. The van der Waals surface area contributed by atoms with Gasteiger partial charge in [-0.2, -0.15) is 0 Å². The molecule has 0 atom stereocenters. The highest BCUT2D eigenvalue weighted by Crippen LogP contribution is 2.30. The summed E-state index contributed by atoms with van der Waals surface area (Å²) in [5, 5.41) is 3.68. The summed E-state index contributed by atoms with van der Waals surface area (Å²) in [6, 6.07) is 10.3. The van der Waals surface area contributed by atoms with E-state index in [0.29, 0.717) is 19.6 Å². The third kappa shape index (κ3) is 6.52. The van der Waals surface area contributed by atoms with E-state index in [0.717, 1.165) is 36.6 Å². The zero-order chi connectivity index (χ0) is 16.8. The Morgan fingerprint density at radius 3 is 2.65 bits per heavy atom. The molecule has 1 aliphatic carbocycles. The first-order valence-corrected chi connectivity index (χ1v) is 9.31. The van der Waals surface area contributed by atoms with Gasteiger partial charge in [0, 0.05) is 24.5 Å². The minimum absolute atomic E-state index is 0. The predicted molar refractivity (Wildman–Crippen MR) is 113 cm³/mol. The van der Waals surface area contributed by atoms with Crippen LogP contribution < -0.4 is 11.1 Å². The van der Waals surface area contributed by atoms with Crippen molar-refractivity contribution in [3.05, 3.63) is 46.5 Å². The molecule has 3 rings (SSSR count). The second-order valence-electron chi connectivity index (χ2n) is 6.09. The number of nitrogens with zero attached hydrogens (tertiary/aromatic N) is 2. The second kappa shape index (κ2) is 11.5. The van der Waals surface area contributed by atoms with Gasteiger partial charge in [0.2, 0.25) is 5.91 Å². The van der Waals surface area contributed by atoms with Crippen LogP contribution in [0.5, 0.6) is 0 Å².